The molecular formula is C10H18O3. The van der Waals surface area contributed by atoms with Gasteiger partial charge in [0.15, 0.2) is 0 Å². The zero-order valence-electron chi connectivity index (χ0n) is 8.38. The van der Waals surface area contributed by atoms with Crippen molar-refractivity contribution in [2.24, 2.45) is 5.92 Å². The Hall–Kier alpha value is -0.860. The Morgan fingerprint density at radius 1 is 1.31 bits per heavy atom. The second-order valence-corrected chi connectivity index (χ2v) is 3.40. The van der Waals surface area contributed by atoms with Crippen LogP contribution in [0.4, 0.5) is 0 Å². The van der Waals surface area contributed by atoms with Crippen LogP contribution in [0.25, 0.3) is 0 Å². The Bertz CT molecular complexity index is 175. The van der Waals surface area contributed by atoms with Crippen LogP contribution in [0.2, 0.25) is 0 Å². The number of carboxylic acids is 1. The van der Waals surface area contributed by atoms with Crippen LogP contribution in [0, 0.1) is 5.92 Å². The third-order valence-electron chi connectivity index (χ3n) is 2.12. The van der Waals surface area contributed by atoms with Gasteiger partial charge >= 0.3 is 5.97 Å². The van der Waals surface area contributed by atoms with E-state index in [1.54, 1.807) is 6.92 Å². The molecule has 1 atom stereocenters. The predicted octanol–water partition coefficient (Wildman–Crippen LogP) is 2.25. The first-order chi connectivity index (χ1) is 6.07. The lowest BCUT2D eigenvalue weighted by Gasteiger charge is -2.07. The molecule has 76 valence electrons. The Morgan fingerprint density at radius 3 is 2.38 bits per heavy atom. The van der Waals surface area contributed by atoms with Crippen LogP contribution in [0.5, 0.6) is 0 Å². The van der Waals surface area contributed by atoms with Crippen molar-refractivity contribution >= 4 is 11.8 Å². The lowest BCUT2D eigenvalue weighted by Crippen LogP contribution is -2.12. The standard InChI is InChI=1S/C10H18O3/c1-3-4-5-9(11)8(2)6-7-10(12)13/h8H,3-7H2,1-2H3,(H,12,13). The van der Waals surface area contributed by atoms with E-state index in [1.807, 2.05) is 6.92 Å². The molecule has 0 heterocycles. The van der Waals surface area contributed by atoms with Crippen LogP contribution in [0.3, 0.4) is 0 Å². The van der Waals surface area contributed by atoms with Gasteiger partial charge in [0.2, 0.25) is 0 Å². The summed E-state index contributed by atoms with van der Waals surface area (Å²) >= 11 is 0. The van der Waals surface area contributed by atoms with Gasteiger partial charge in [0.1, 0.15) is 5.78 Å². The second-order valence-electron chi connectivity index (χ2n) is 3.40. The van der Waals surface area contributed by atoms with E-state index in [4.69, 9.17) is 5.11 Å². The quantitative estimate of drug-likeness (QED) is 0.663. The van der Waals surface area contributed by atoms with Crippen LogP contribution in [0.15, 0.2) is 0 Å². The minimum absolute atomic E-state index is 0.0948. The number of hydrogen-bond acceptors (Lipinski definition) is 2. The molecular weight excluding hydrogens is 168 g/mol. The first kappa shape index (κ1) is 12.1. The Balaban J connectivity index is 3.62. The second kappa shape index (κ2) is 6.63. The van der Waals surface area contributed by atoms with Gasteiger partial charge < -0.3 is 5.11 Å². The van der Waals surface area contributed by atoms with Crippen LogP contribution >= 0.6 is 0 Å². The molecule has 3 nitrogen and oxygen atoms in total. The number of ketones is 1. The van der Waals surface area contributed by atoms with Crippen LogP contribution in [0.1, 0.15) is 46.0 Å². The molecule has 0 saturated carbocycles. The zero-order chi connectivity index (χ0) is 10.3. The van der Waals surface area contributed by atoms with Gasteiger partial charge in [0.05, 0.1) is 0 Å². The van der Waals surface area contributed by atoms with Crippen molar-refractivity contribution in [3.8, 4) is 0 Å². The van der Waals surface area contributed by atoms with E-state index in [9.17, 15) is 9.59 Å². The van der Waals surface area contributed by atoms with Crippen molar-refractivity contribution < 1.29 is 14.7 Å². The number of rotatable bonds is 7. The molecule has 1 unspecified atom stereocenters. The largest absolute Gasteiger partial charge is 0.481 e. The molecule has 1 N–H and O–H groups in total. The van der Waals surface area contributed by atoms with Gasteiger partial charge in [-0.3, -0.25) is 9.59 Å². The maximum Gasteiger partial charge on any atom is 0.303 e. The van der Waals surface area contributed by atoms with Crippen molar-refractivity contribution in [3.63, 3.8) is 0 Å². The van der Waals surface area contributed by atoms with Gasteiger partial charge in [-0.05, 0) is 12.8 Å². The molecule has 0 bridgehead atoms. The van der Waals surface area contributed by atoms with E-state index in [1.165, 1.54) is 0 Å². The topological polar surface area (TPSA) is 54.4 Å². The van der Waals surface area contributed by atoms with Crippen LogP contribution in [-0.2, 0) is 9.59 Å². The Labute approximate surface area is 79.1 Å². The van der Waals surface area contributed by atoms with E-state index in [-0.39, 0.29) is 18.1 Å². The summed E-state index contributed by atoms with van der Waals surface area (Å²) < 4.78 is 0. The summed E-state index contributed by atoms with van der Waals surface area (Å²) in [5, 5.41) is 8.41. The number of aliphatic carboxylic acids is 1. The summed E-state index contributed by atoms with van der Waals surface area (Å²) in [5.74, 6) is -0.721. The molecule has 0 aliphatic heterocycles. The molecule has 0 amide bonds. The first-order valence-electron chi connectivity index (χ1n) is 4.82. The van der Waals surface area contributed by atoms with Crippen molar-refractivity contribution in [1.29, 1.82) is 0 Å². The van der Waals surface area contributed by atoms with Gasteiger partial charge in [0, 0.05) is 18.8 Å². The summed E-state index contributed by atoms with van der Waals surface area (Å²) in [7, 11) is 0. The van der Waals surface area contributed by atoms with Crippen LogP contribution in [-0.4, -0.2) is 16.9 Å². The normalized spacial score (nSPS) is 12.5. The summed E-state index contributed by atoms with van der Waals surface area (Å²) in [6, 6.07) is 0. The molecule has 0 rings (SSSR count). The maximum atomic E-state index is 11.3. The molecule has 0 aliphatic carbocycles. The average Bonchev–Trinajstić information content (AvgIpc) is 2.10. The highest BCUT2D eigenvalue weighted by Crippen LogP contribution is 2.11. The SMILES string of the molecule is CCCCC(=O)C(C)CCC(=O)O. The third-order valence-corrected chi connectivity index (χ3v) is 2.12. The fourth-order valence-electron chi connectivity index (χ4n) is 1.10. The number of Topliss-reactive ketones (excluding diaryl/α,β-unsaturated/α-hetero) is 1. The average molecular weight is 186 g/mol. The zero-order valence-corrected chi connectivity index (χ0v) is 8.38. The molecule has 13 heavy (non-hydrogen) atoms. The number of carboxylic acid groups (broad SMARTS) is 1. The molecule has 0 aromatic rings. The molecule has 0 radical (unpaired) electrons. The fourth-order valence-corrected chi connectivity index (χ4v) is 1.10. The fraction of sp³-hybridized carbons (Fsp3) is 0.800. The van der Waals surface area contributed by atoms with Crippen molar-refractivity contribution in [1.82, 2.24) is 0 Å². The minimum Gasteiger partial charge on any atom is -0.481 e. The van der Waals surface area contributed by atoms with Crippen molar-refractivity contribution in [2.75, 3.05) is 0 Å². The molecule has 0 aromatic heterocycles. The van der Waals surface area contributed by atoms with Gasteiger partial charge in [-0.2, -0.15) is 0 Å². The van der Waals surface area contributed by atoms with Gasteiger partial charge in [0.25, 0.3) is 0 Å². The van der Waals surface area contributed by atoms with Crippen molar-refractivity contribution in [2.45, 2.75) is 46.0 Å². The lowest BCUT2D eigenvalue weighted by atomic mass is 9.97. The smallest absolute Gasteiger partial charge is 0.303 e. The summed E-state index contributed by atoms with van der Waals surface area (Å²) in [6.07, 6.45) is 3.09. The molecule has 0 aliphatic rings. The number of carbonyl (C=O) groups excluding carboxylic acids is 1. The highest BCUT2D eigenvalue weighted by atomic mass is 16.4. The Morgan fingerprint density at radius 2 is 1.92 bits per heavy atom. The number of hydrogen-bond donors (Lipinski definition) is 1. The number of unbranched alkanes of at least 4 members (excludes halogenated alkanes) is 1. The molecule has 0 aromatic carbocycles. The summed E-state index contributed by atoms with van der Waals surface area (Å²) in [5.41, 5.74) is 0. The van der Waals surface area contributed by atoms with E-state index < -0.39 is 5.97 Å². The van der Waals surface area contributed by atoms with Crippen LogP contribution < -0.4 is 0 Å². The van der Waals surface area contributed by atoms with E-state index in [0.717, 1.165) is 12.8 Å². The van der Waals surface area contributed by atoms with E-state index in [0.29, 0.717) is 12.8 Å². The molecule has 0 saturated heterocycles. The van der Waals surface area contributed by atoms with Gasteiger partial charge in [-0.25, -0.2) is 0 Å². The maximum absolute atomic E-state index is 11.3. The highest BCUT2D eigenvalue weighted by molar-refractivity contribution is 5.81. The highest BCUT2D eigenvalue weighted by Gasteiger charge is 2.13. The first-order valence-corrected chi connectivity index (χ1v) is 4.82. The van der Waals surface area contributed by atoms with Gasteiger partial charge in [-0.1, -0.05) is 20.3 Å². The third kappa shape index (κ3) is 6.31. The summed E-state index contributed by atoms with van der Waals surface area (Å²) in [6.45, 7) is 3.84. The summed E-state index contributed by atoms with van der Waals surface area (Å²) in [4.78, 5) is 21.6. The lowest BCUT2D eigenvalue weighted by molar-refractivity contribution is -0.137. The van der Waals surface area contributed by atoms with E-state index >= 15 is 0 Å². The molecule has 3 heteroatoms. The number of carbonyl (C=O) groups is 2. The molecule has 0 spiro atoms. The van der Waals surface area contributed by atoms with Gasteiger partial charge in [-0.15, -0.1) is 0 Å². The predicted molar refractivity (Wildman–Crippen MR) is 50.6 cm³/mol. The van der Waals surface area contributed by atoms with E-state index in [2.05, 4.69) is 0 Å². The minimum atomic E-state index is -0.824. The monoisotopic (exact) mass is 186 g/mol. The van der Waals surface area contributed by atoms with Crippen molar-refractivity contribution in [3.05, 3.63) is 0 Å². The Kier molecular flexibility index (Phi) is 6.20. The molecule has 0 fully saturated rings.